The molecular weight excluding hydrogens is 491 g/mol. The Labute approximate surface area is 228 Å². The maximum atomic E-state index is 14.8. The van der Waals surface area contributed by atoms with Crippen molar-refractivity contribution in [2.24, 2.45) is 0 Å². The first-order valence-corrected chi connectivity index (χ1v) is 13.6. The van der Waals surface area contributed by atoms with Crippen molar-refractivity contribution in [1.29, 1.82) is 0 Å². The lowest BCUT2D eigenvalue weighted by Gasteiger charge is -2.32. The van der Waals surface area contributed by atoms with E-state index in [4.69, 9.17) is 4.74 Å². The maximum absolute atomic E-state index is 14.8. The highest BCUT2D eigenvalue weighted by molar-refractivity contribution is 5.90. The number of hydrogen-bond acceptors (Lipinski definition) is 3. The van der Waals surface area contributed by atoms with Crippen LogP contribution in [-0.2, 0) is 22.6 Å². The molecule has 1 N–H and O–H groups in total. The minimum Gasteiger partial charge on any atom is -0.483 e. The Morgan fingerprint density at radius 1 is 0.872 bits per heavy atom. The maximum Gasteiger partial charge on any atom is 0.261 e. The van der Waals surface area contributed by atoms with Crippen molar-refractivity contribution < 1.29 is 18.7 Å². The van der Waals surface area contributed by atoms with Crippen LogP contribution in [0.1, 0.15) is 36.8 Å². The molecule has 39 heavy (non-hydrogen) atoms. The van der Waals surface area contributed by atoms with Crippen LogP contribution in [0.3, 0.4) is 0 Å². The summed E-state index contributed by atoms with van der Waals surface area (Å²) < 4.78 is 20.8. The monoisotopic (exact) mass is 524 g/mol. The fourth-order valence-corrected chi connectivity index (χ4v) is 5.28. The van der Waals surface area contributed by atoms with Gasteiger partial charge in [-0.1, -0.05) is 97.8 Å². The summed E-state index contributed by atoms with van der Waals surface area (Å²) in [5.74, 6) is -0.434. The largest absolute Gasteiger partial charge is 0.483 e. The van der Waals surface area contributed by atoms with Crippen molar-refractivity contribution in [2.45, 2.75) is 50.7 Å². The van der Waals surface area contributed by atoms with E-state index in [1.165, 1.54) is 11.0 Å². The second kappa shape index (κ2) is 12.6. The molecule has 0 aliphatic heterocycles. The third-order valence-corrected chi connectivity index (χ3v) is 7.37. The number of nitrogens with zero attached hydrogens (tertiary/aromatic N) is 1. The van der Waals surface area contributed by atoms with E-state index in [1.54, 1.807) is 18.2 Å². The normalized spacial score (nSPS) is 14.2. The third kappa shape index (κ3) is 6.63. The summed E-state index contributed by atoms with van der Waals surface area (Å²) in [6.45, 7) is -0.315. The molecule has 2 amide bonds. The zero-order valence-electron chi connectivity index (χ0n) is 21.9. The number of amides is 2. The molecule has 4 aromatic rings. The van der Waals surface area contributed by atoms with Crippen molar-refractivity contribution in [3.63, 3.8) is 0 Å². The van der Waals surface area contributed by atoms with Crippen LogP contribution >= 0.6 is 0 Å². The average Bonchev–Trinajstić information content (AvgIpc) is 3.48. The second-order valence-corrected chi connectivity index (χ2v) is 10.1. The first kappa shape index (κ1) is 26.4. The van der Waals surface area contributed by atoms with Gasteiger partial charge in [-0.05, 0) is 35.9 Å². The molecule has 1 saturated carbocycles. The van der Waals surface area contributed by atoms with Gasteiger partial charge >= 0.3 is 0 Å². The van der Waals surface area contributed by atoms with E-state index in [9.17, 15) is 14.0 Å². The summed E-state index contributed by atoms with van der Waals surface area (Å²) >= 11 is 0. The Kier molecular flexibility index (Phi) is 8.51. The lowest BCUT2D eigenvalue weighted by molar-refractivity contribution is -0.143. The fraction of sp³-hybridized carbons (Fsp3) is 0.273. The van der Waals surface area contributed by atoms with Crippen LogP contribution in [0.5, 0.6) is 5.75 Å². The van der Waals surface area contributed by atoms with Crippen molar-refractivity contribution in [1.82, 2.24) is 10.2 Å². The molecule has 1 unspecified atom stereocenters. The third-order valence-electron chi connectivity index (χ3n) is 7.37. The molecule has 6 heteroatoms. The number of fused-ring (bicyclic) bond motifs is 1. The molecule has 0 heterocycles. The Balaban J connectivity index is 1.44. The Morgan fingerprint density at radius 2 is 1.56 bits per heavy atom. The second-order valence-electron chi connectivity index (χ2n) is 10.1. The van der Waals surface area contributed by atoms with Crippen LogP contribution in [0.25, 0.3) is 10.8 Å². The van der Waals surface area contributed by atoms with Gasteiger partial charge in [-0.15, -0.1) is 0 Å². The van der Waals surface area contributed by atoms with Gasteiger partial charge in [0.1, 0.15) is 17.6 Å². The van der Waals surface area contributed by atoms with E-state index in [-0.39, 0.29) is 31.0 Å². The van der Waals surface area contributed by atoms with Gasteiger partial charge in [0.25, 0.3) is 5.91 Å². The molecule has 5 nitrogen and oxygen atoms in total. The molecule has 0 bridgehead atoms. The van der Waals surface area contributed by atoms with E-state index >= 15 is 0 Å². The zero-order chi connectivity index (χ0) is 27.0. The van der Waals surface area contributed by atoms with Gasteiger partial charge in [0.05, 0.1) is 0 Å². The van der Waals surface area contributed by atoms with Crippen LogP contribution in [0.4, 0.5) is 4.39 Å². The molecule has 0 saturated heterocycles. The van der Waals surface area contributed by atoms with Crippen molar-refractivity contribution in [3.05, 3.63) is 114 Å². The molecule has 1 aliphatic carbocycles. The highest BCUT2D eigenvalue weighted by Crippen LogP contribution is 2.26. The summed E-state index contributed by atoms with van der Waals surface area (Å²) in [6.07, 6.45) is 4.31. The molecule has 1 atom stereocenters. The highest BCUT2D eigenvalue weighted by atomic mass is 19.1. The molecule has 0 spiro atoms. The van der Waals surface area contributed by atoms with Gasteiger partial charge in [0.15, 0.2) is 6.61 Å². The number of ether oxygens (including phenoxy) is 1. The van der Waals surface area contributed by atoms with Crippen LogP contribution < -0.4 is 10.1 Å². The smallest absolute Gasteiger partial charge is 0.261 e. The van der Waals surface area contributed by atoms with Gasteiger partial charge in [-0.25, -0.2) is 4.39 Å². The predicted molar refractivity (Wildman–Crippen MR) is 151 cm³/mol. The lowest BCUT2D eigenvalue weighted by Crippen LogP contribution is -2.53. The first-order chi connectivity index (χ1) is 19.1. The number of halogens is 1. The molecule has 4 aromatic carbocycles. The van der Waals surface area contributed by atoms with Crippen LogP contribution in [0, 0.1) is 5.82 Å². The quantitative estimate of drug-likeness (QED) is 0.275. The molecule has 0 aromatic heterocycles. The van der Waals surface area contributed by atoms with E-state index < -0.39 is 11.9 Å². The highest BCUT2D eigenvalue weighted by Gasteiger charge is 2.33. The van der Waals surface area contributed by atoms with Gasteiger partial charge in [-0.2, -0.15) is 0 Å². The Hall–Kier alpha value is -4.19. The Morgan fingerprint density at radius 3 is 2.36 bits per heavy atom. The topological polar surface area (TPSA) is 58.6 Å². The summed E-state index contributed by atoms with van der Waals surface area (Å²) in [5.41, 5.74) is 1.27. The summed E-state index contributed by atoms with van der Waals surface area (Å²) in [4.78, 5) is 29.0. The predicted octanol–water partition coefficient (Wildman–Crippen LogP) is 6.06. The first-order valence-electron chi connectivity index (χ1n) is 13.6. The van der Waals surface area contributed by atoms with Crippen molar-refractivity contribution in [2.75, 3.05) is 6.61 Å². The summed E-state index contributed by atoms with van der Waals surface area (Å²) in [7, 11) is 0. The standard InChI is InChI=1S/C33H33FN2O3/c34-29-19-9-5-14-26(29)22-36(32(37)23-39-31-20-10-15-25-13-4-8-18-28(25)31)30(21-24-11-2-1-3-12-24)33(38)35-27-16-6-7-17-27/h1-5,8-15,18-20,27,30H,6-7,16-17,21-23H2,(H,35,38). The van der Waals surface area contributed by atoms with Gasteiger partial charge in [0, 0.05) is 30.0 Å². The van der Waals surface area contributed by atoms with E-state index in [0.717, 1.165) is 42.0 Å². The lowest BCUT2D eigenvalue weighted by atomic mass is 10.0. The number of rotatable bonds is 10. The Bertz CT molecular complexity index is 1410. The minimum atomic E-state index is -0.823. The van der Waals surface area contributed by atoms with Crippen LogP contribution in [0.2, 0.25) is 0 Å². The molecule has 1 fully saturated rings. The van der Waals surface area contributed by atoms with Gasteiger partial charge in [-0.3, -0.25) is 9.59 Å². The van der Waals surface area contributed by atoms with Gasteiger partial charge < -0.3 is 15.0 Å². The molecule has 0 radical (unpaired) electrons. The zero-order valence-corrected chi connectivity index (χ0v) is 21.9. The summed E-state index contributed by atoms with van der Waals surface area (Å²) in [5, 5.41) is 5.07. The molecule has 5 rings (SSSR count). The SMILES string of the molecule is O=C(NC1CCCC1)C(Cc1ccccc1)N(Cc1ccccc1F)C(=O)COc1cccc2ccccc12. The molecule has 200 valence electrons. The van der Waals surface area contributed by atoms with E-state index in [1.807, 2.05) is 72.8 Å². The fourth-order valence-electron chi connectivity index (χ4n) is 5.28. The van der Waals surface area contributed by atoms with Crippen LogP contribution in [-0.4, -0.2) is 35.4 Å². The van der Waals surface area contributed by atoms with E-state index in [2.05, 4.69) is 5.32 Å². The number of nitrogens with one attached hydrogen (secondary N) is 1. The van der Waals surface area contributed by atoms with Gasteiger partial charge in [0.2, 0.25) is 5.91 Å². The number of carbonyl (C=O) groups is 2. The summed E-state index contributed by atoms with van der Waals surface area (Å²) in [6, 6.07) is 28.7. The number of hydrogen-bond donors (Lipinski definition) is 1. The average molecular weight is 525 g/mol. The van der Waals surface area contributed by atoms with Crippen molar-refractivity contribution >= 4 is 22.6 Å². The van der Waals surface area contributed by atoms with E-state index in [0.29, 0.717) is 17.7 Å². The van der Waals surface area contributed by atoms with Crippen molar-refractivity contribution in [3.8, 4) is 5.75 Å². The number of benzene rings is 4. The van der Waals surface area contributed by atoms with Crippen LogP contribution in [0.15, 0.2) is 97.1 Å². The minimum absolute atomic E-state index is 0.0417. The molecule has 1 aliphatic rings. The number of carbonyl (C=O) groups excluding carboxylic acids is 2. The molecular formula is C33H33FN2O3.